The zero-order valence-corrected chi connectivity index (χ0v) is 79.1. The Labute approximate surface area is 747 Å². The van der Waals surface area contributed by atoms with E-state index in [1.165, 1.54) is 410 Å². The molecule has 0 aliphatic rings. The average molecular weight is 1700 g/mol. The van der Waals surface area contributed by atoms with Crippen molar-refractivity contribution in [2.24, 2.45) is 0 Å². The Bertz CT molecular complexity index is 2810. The van der Waals surface area contributed by atoms with Gasteiger partial charge >= 0.3 is 61.6 Å². The van der Waals surface area contributed by atoms with Gasteiger partial charge < -0.3 is 28.1 Å². The summed E-state index contributed by atoms with van der Waals surface area (Å²) in [6.07, 6.45) is 104. The molecule has 2 rings (SSSR count). The Hall–Kier alpha value is -3.64. The fourth-order valence-corrected chi connectivity index (χ4v) is 16.0. The fourth-order valence-electron chi connectivity index (χ4n) is 15.0. The number of benzene rings is 2. The summed E-state index contributed by atoms with van der Waals surface area (Å²) in [5.74, 6) is -3.51. The number of hydrogen-bond donors (Lipinski definition) is 0. The van der Waals surface area contributed by atoms with E-state index >= 15 is 0 Å². The maximum Gasteiger partial charge on any atom is 2.00 e. The predicted octanol–water partition coefficient (Wildman–Crippen LogP) is 31.6. The standard InChI is InChI=1S/2C50H86O7S.Ca/c2*1-3-5-7-9-11-13-15-17-19-21-23-25-27-29-31-33-35-37-39-43-56-49(51)47-42-41-46(58(53,54)55)45-48(47)50(52)57-44-40-38-36-34-32-30-28-26-24-22-20-18-16-14-12-10-8-6-4-2;/h2*39-45H,3-38H2,1-2H3,(H,53,54,55);/q;;+2/p-2/b2*43-39+,44-40+;. The van der Waals surface area contributed by atoms with Gasteiger partial charge in [0.1, 0.15) is 20.2 Å². The predicted molar refractivity (Wildman–Crippen MR) is 488 cm³/mol. The topological polar surface area (TPSA) is 220 Å². The first kappa shape index (κ1) is 113. The number of ether oxygens (including phenoxy) is 4. The quantitative estimate of drug-likeness (QED) is 0.0150. The van der Waals surface area contributed by atoms with Crippen LogP contribution in [0.5, 0.6) is 0 Å². The molecular weight excluding hydrogens is 1530 g/mol. The molecule has 0 radical (unpaired) electrons. The maximum atomic E-state index is 12.9. The summed E-state index contributed by atoms with van der Waals surface area (Å²) in [5.41, 5.74) is -0.986. The maximum absolute atomic E-state index is 12.9. The molecule has 0 aliphatic heterocycles. The molecule has 2 aromatic rings. The number of rotatable bonds is 82. The summed E-state index contributed by atoms with van der Waals surface area (Å²) in [5, 5.41) is 0. The van der Waals surface area contributed by atoms with Gasteiger partial charge in [-0.2, -0.15) is 0 Å². The molecule has 0 saturated heterocycles. The van der Waals surface area contributed by atoms with Crippen LogP contribution in [0.25, 0.3) is 0 Å². The van der Waals surface area contributed by atoms with Gasteiger partial charge in [-0.3, -0.25) is 0 Å². The first-order valence-electron chi connectivity index (χ1n) is 48.3. The van der Waals surface area contributed by atoms with Gasteiger partial charge in [0.25, 0.3) is 0 Å². The molecule has 17 heteroatoms. The smallest absolute Gasteiger partial charge is 0.744 e. The molecule has 0 spiro atoms. The van der Waals surface area contributed by atoms with Crippen LogP contribution in [0, 0.1) is 0 Å². The average Bonchev–Trinajstić information content (AvgIpc) is 0.814. The molecule has 0 bridgehead atoms. The Morgan fingerprint density at radius 2 is 0.368 bits per heavy atom. The van der Waals surface area contributed by atoms with Crippen molar-refractivity contribution in [2.45, 2.75) is 500 Å². The van der Waals surface area contributed by atoms with Crippen LogP contribution in [-0.4, -0.2) is 87.6 Å². The summed E-state index contributed by atoms with van der Waals surface area (Å²) < 4.78 is 90.9. The van der Waals surface area contributed by atoms with Crippen molar-refractivity contribution in [3.05, 3.63) is 108 Å². The van der Waals surface area contributed by atoms with Crippen molar-refractivity contribution in [1.82, 2.24) is 0 Å². The van der Waals surface area contributed by atoms with E-state index in [1.807, 2.05) is 0 Å². The third-order valence-electron chi connectivity index (χ3n) is 22.4. The van der Waals surface area contributed by atoms with Crippen LogP contribution in [0.4, 0.5) is 0 Å². The summed E-state index contributed by atoms with van der Waals surface area (Å²) in [6.45, 7) is 9.07. The van der Waals surface area contributed by atoms with Crippen molar-refractivity contribution in [3.63, 3.8) is 0 Å². The molecule has 0 saturated carbocycles. The second kappa shape index (κ2) is 84.6. The Morgan fingerprint density at radius 1 is 0.231 bits per heavy atom. The number of hydrogen-bond acceptors (Lipinski definition) is 14. The van der Waals surface area contributed by atoms with Crippen LogP contribution in [0.1, 0.15) is 531 Å². The van der Waals surface area contributed by atoms with Crippen molar-refractivity contribution < 1.29 is 64.1 Å². The molecule has 0 amide bonds. The van der Waals surface area contributed by atoms with Crippen LogP contribution < -0.4 is 0 Å². The molecule has 0 fully saturated rings. The van der Waals surface area contributed by atoms with Gasteiger partial charge in [0.15, 0.2) is 0 Å². The van der Waals surface area contributed by atoms with Gasteiger partial charge in [-0.05, 0) is 112 Å². The van der Waals surface area contributed by atoms with Gasteiger partial charge in [-0.1, -0.05) is 439 Å². The van der Waals surface area contributed by atoms with Crippen molar-refractivity contribution in [1.29, 1.82) is 0 Å². The molecule has 668 valence electrons. The SMILES string of the molecule is CCCCCCCCCCCCCCCCCCC/C=C/OC(=O)c1ccc(S(=O)(=O)[O-])cc1C(=O)O/C=C/CCCCCCCCCCCCCCCCCCC.CCCCCCCCCCCCCCCCCCC/C=C/OC(=O)c1ccc(S(=O)(=O)[O-])cc1C(=O)O/C=C/CCCCCCCCCCCCCCCCCCC.[Ca+2]. The molecule has 117 heavy (non-hydrogen) atoms. The van der Waals surface area contributed by atoms with Gasteiger partial charge in [0.05, 0.1) is 57.1 Å². The van der Waals surface area contributed by atoms with E-state index in [-0.39, 0.29) is 60.0 Å². The Kier molecular flexibility index (Phi) is 81.9. The van der Waals surface area contributed by atoms with E-state index in [4.69, 9.17) is 18.9 Å². The number of esters is 4. The minimum atomic E-state index is -4.85. The molecule has 0 aromatic heterocycles. The van der Waals surface area contributed by atoms with Crippen LogP contribution in [-0.2, 0) is 39.2 Å². The Balaban J connectivity index is 0.00000228. The molecule has 0 unspecified atom stereocenters. The third kappa shape index (κ3) is 71.5. The second-order valence-corrected chi connectivity index (χ2v) is 36.0. The van der Waals surface area contributed by atoms with Crippen LogP contribution >= 0.6 is 0 Å². The van der Waals surface area contributed by atoms with Crippen molar-refractivity contribution in [2.75, 3.05) is 0 Å². The largest absolute Gasteiger partial charge is 2.00 e. The van der Waals surface area contributed by atoms with E-state index < -0.39 is 53.9 Å². The Morgan fingerprint density at radius 3 is 0.513 bits per heavy atom. The van der Waals surface area contributed by atoms with Gasteiger partial charge in [-0.15, -0.1) is 0 Å². The van der Waals surface area contributed by atoms with Crippen LogP contribution in [0.2, 0.25) is 0 Å². The molecule has 14 nitrogen and oxygen atoms in total. The van der Waals surface area contributed by atoms with Crippen molar-refractivity contribution >= 4 is 81.9 Å². The first-order chi connectivity index (χ1) is 56.6. The van der Waals surface area contributed by atoms with E-state index in [1.54, 1.807) is 24.3 Å². The molecular formula is C100H170CaO14S2. The van der Waals surface area contributed by atoms with Gasteiger partial charge in [-0.25, -0.2) is 36.0 Å². The molecule has 0 heterocycles. The first-order valence-corrected chi connectivity index (χ1v) is 51.1. The van der Waals surface area contributed by atoms with E-state index in [9.17, 15) is 45.1 Å². The van der Waals surface area contributed by atoms with Crippen LogP contribution in [0.3, 0.4) is 0 Å². The van der Waals surface area contributed by atoms with E-state index in [0.29, 0.717) is 0 Å². The van der Waals surface area contributed by atoms with Crippen LogP contribution in [0.15, 0.2) is 95.5 Å². The third-order valence-corrected chi connectivity index (χ3v) is 24.1. The minimum Gasteiger partial charge on any atom is -0.744 e. The fraction of sp³-hybridized carbons (Fsp3) is 0.760. The zero-order valence-electron chi connectivity index (χ0n) is 75.2. The monoisotopic (exact) mass is 1700 g/mol. The van der Waals surface area contributed by atoms with Gasteiger partial charge in [0, 0.05) is 0 Å². The molecule has 0 aliphatic carbocycles. The van der Waals surface area contributed by atoms with E-state index in [2.05, 4.69) is 27.7 Å². The summed E-state index contributed by atoms with van der Waals surface area (Å²) >= 11 is 0. The molecule has 0 N–H and O–H groups in total. The number of carbonyl (C=O) groups excluding carboxylic acids is 4. The second-order valence-electron chi connectivity index (χ2n) is 33.2. The normalized spacial score (nSPS) is 11.8. The summed E-state index contributed by atoms with van der Waals surface area (Å²) in [4.78, 5) is 50.3. The minimum absolute atomic E-state index is 0. The van der Waals surface area contributed by atoms with E-state index in [0.717, 1.165) is 113 Å². The molecule has 0 atom stereocenters. The number of unbranched alkanes of at least 4 members (excludes halogenated alkanes) is 68. The van der Waals surface area contributed by atoms with Crippen molar-refractivity contribution in [3.8, 4) is 0 Å². The molecule has 2 aromatic carbocycles. The summed E-state index contributed by atoms with van der Waals surface area (Å²) in [6, 6.07) is 6.01. The zero-order chi connectivity index (χ0) is 84.4. The number of carbonyl (C=O) groups is 4. The van der Waals surface area contributed by atoms with Gasteiger partial charge in [0.2, 0.25) is 0 Å². The summed E-state index contributed by atoms with van der Waals surface area (Å²) in [7, 11) is -9.69. The number of allylic oxidation sites excluding steroid dienone is 4.